The van der Waals surface area contributed by atoms with Gasteiger partial charge in [0.15, 0.2) is 0 Å². The molecule has 0 aliphatic rings. The summed E-state index contributed by atoms with van der Waals surface area (Å²) in [4.78, 5) is 0. The van der Waals surface area contributed by atoms with Crippen molar-refractivity contribution in [2.24, 2.45) is 0 Å². The zero-order valence-corrected chi connectivity index (χ0v) is 17.7. The number of thiophene rings is 1. The molecule has 2 aromatic heterocycles. The summed E-state index contributed by atoms with van der Waals surface area (Å²) in [7, 11) is 0. The predicted octanol–water partition coefficient (Wildman–Crippen LogP) is 9.04. The summed E-state index contributed by atoms with van der Waals surface area (Å²) in [5, 5.41) is 5.50. The lowest BCUT2D eigenvalue weighted by atomic mass is 10.0. The smallest absolute Gasteiger partial charge is 0.136 e. The van der Waals surface area contributed by atoms with E-state index in [9.17, 15) is 0 Å². The molecule has 1 nitrogen and oxygen atoms in total. The maximum atomic E-state index is 6.20. The standard InChI is InChI=1S/C24H12BrClOS/c25-19-2-1-3-21-24(19)18-10-13(5-8-20(18)27-21)14-4-7-16-17-12-15(26)6-9-22(17)28-23(16)11-14/h1-12H. The molecule has 6 rings (SSSR count). The van der Waals surface area contributed by atoms with Crippen LogP contribution in [-0.4, -0.2) is 0 Å². The van der Waals surface area contributed by atoms with Crippen molar-refractivity contribution in [2.45, 2.75) is 0 Å². The van der Waals surface area contributed by atoms with Crippen molar-refractivity contribution in [1.29, 1.82) is 0 Å². The van der Waals surface area contributed by atoms with E-state index in [1.807, 2.05) is 18.2 Å². The molecule has 0 N–H and O–H groups in total. The Hall–Kier alpha value is -2.33. The number of halogens is 2. The third-order valence-corrected chi connectivity index (χ3v) is 7.24. The number of hydrogen-bond donors (Lipinski definition) is 0. The summed E-state index contributed by atoms with van der Waals surface area (Å²) in [6, 6.07) is 25.2. The van der Waals surface area contributed by atoms with Gasteiger partial charge in [0.05, 0.1) is 0 Å². The molecule has 0 spiro atoms. The van der Waals surface area contributed by atoms with Crippen molar-refractivity contribution in [3.8, 4) is 11.1 Å². The molecule has 0 aliphatic carbocycles. The molecular formula is C24H12BrClOS. The molecule has 0 bridgehead atoms. The Morgan fingerprint density at radius 3 is 2.50 bits per heavy atom. The molecule has 0 atom stereocenters. The molecule has 0 radical (unpaired) electrons. The molecule has 0 saturated carbocycles. The van der Waals surface area contributed by atoms with E-state index in [-0.39, 0.29) is 0 Å². The molecule has 6 aromatic rings. The number of furan rings is 1. The van der Waals surface area contributed by atoms with Gasteiger partial charge >= 0.3 is 0 Å². The normalized spacial score (nSPS) is 11.9. The lowest BCUT2D eigenvalue weighted by Crippen LogP contribution is -1.78. The first-order valence-corrected chi connectivity index (χ1v) is 10.9. The summed E-state index contributed by atoms with van der Waals surface area (Å²) in [5.41, 5.74) is 4.19. The van der Waals surface area contributed by atoms with Crippen LogP contribution >= 0.6 is 38.9 Å². The van der Waals surface area contributed by atoms with Gasteiger partial charge in [-0.25, -0.2) is 0 Å². The highest BCUT2D eigenvalue weighted by Crippen LogP contribution is 2.39. The lowest BCUT2D eigenvalue weighted by molar-refractivity contribution is 0.669. The molecule has 0 unspecified atom stereocenters. The van der Waals surface area contributed by atoms with Crippen LogP contribution in [0.15, 0.2) is 81.7 Å². The third kappa shape index (κ3) is 2.44. The fourth-order valence-corrected chi connectivity index (χ4v) is 5.75. The molecule has 134 valence electrons. The van der Waals surface area contributed by atoms with Crippen molar-refractivity contribution in [1.82, 2.24) is 0 Å². The van der Waals surface area contributed by atoms with E-state index < -0.39 is 0 Å². The van der Waals surface area contributed by atoms with Gasteiger partial charge in [-0.2, -0.15) is 0 Å². The largest absolute Gasteiger partial charge is 0.456 e. The molecule has 4 heteroatoms. The maximum absolute atomic E-state index is 6.20. The van der Waals surface area contributed by atoms with E-state index in [2.05, 4.69) is 70.5 Å². The van der Waals surface area contributed by atoms with Crippen LogP contribution in [0.4, 0.5) is 0 Å². The Labute approximate surface area is 178 Å². The number of hydrogen-bond acceptors (Lipinski definition) is 2. The number of fused-ring (bicyclic) bond motifs is 6. The molecule has 2 heterocycles. The van der Waals surface area contributed by atoms with Crippen LogP contribution < -0.4 is 0 Å². The average molecular weight is 464 g/mol. The first-order valence-electron chi connectivity index (χ1n) is 8.90. The Balaban J connectivity index is 1.58. The van der Waals surface area contributed by atoms with Gasteiger partial charge in [0.2, 0.25) is 0 Å². The van der Waals surface area contributed by atoms with E-state index in [1.165, 1.54) is 31.3 Å². The minimum absolute atomic E-state index is 0.777. The first kappa shape index (κ1) is 16.6. The molecule has 28 heavy (non-hydrogen) atoms. The average Bonchev–Trinajstić information content (AvgIpc) is 3.25. The Kier molecular flexibility index (Phi) is 3.61. The Morgan fingerprint density at radius 2 is 1.57 bits per heavy atom. The fourth-order valence-electron chi connectivity index (χ4n) is 3.89. The highest BCUT2D eigenvalue weighted by atomic mass is 79.9. The van der Waals surface area contributed by atoms with Gasteiger partial charge in [-0.1, -0.05) is 51.8 Å². The zero-order valence-electron chi connectivity index (χ0n) is 14.5. The second-order valence-corrected chi connectivity index (χ2v) is 9.25. The summed E-state index contributed by atoms with van der Waals surface area (Å²) in [5.74, 6) is 0. The van der Waals surface area contributed by atoms with Gasteiger partial charge < -0.3 is 4.42 Å². The second kappa shape index (κ2) is 6.08. The monoisotopic (exact) mass is 462 g/mol. The second-order valence-electron chi connectivity index (χ2n) is 6.88. The highest BCUT2D eigenvalue weighted by Gasteiger charge is 2.12. The fraction of sp³-hybridized carbons (Fsp3) is 0. The quantitative estimate of drug-likeness (QED) is 0.237. The van der Waals surface area contributed by atoms with E-state index in [0.29, 0.717) is 0 Å². The van der Waals surface area contributed by atoms with Crippen LogP contribution in [0, 0.1) is 0 Å². The van der Waals surface area contributed by atoms with Gasteiger partial charge in [0.25, 0.3) is 0 Å². The SMILES string of the molecule is Clc1ccc2sc3cc(-c4ccc5oc6cccc(Br)c6c5c4)ccc3c2c1. The summed E-state index contributed by atoms with van der Waals surface area (Å²) < 4.78 is 9.59. The third-order valence-electron chi connectivity index (χ3n) is 5.21. The molecule has 0 aliphatic heterocycles. The van der Waals surface area contributed by atoms with Crippen molar-refractivity contribution >= 4 is 81.0 Å². The highest BCUT2D eigenvalue weighted by molar-refractivity contribution is 9.10. The van der Waals surface area contributed by atoms with Gasteiger partial charge in [-0.3, -0.25) is 0 Å². The van der Waals surface area contributed by atoms with Crippen LogP contribution in [0.3, 0.4) is 0 Å². The summed E-state index contributed by atoms with van der Waals surface area (Å²) >= 11 is 11.7. The molecule has 4 aromatic carbocycles. The molecule has 0 saturated heterocycles. The topological polar surface area (TPSA) is 13.1 Å². The number of benzene rings is 4. The van der Waals surface area contributed by atoms with Crippen molar-refractivity contribution < 1.29 is 4.42 Å². The van der Waals surface area contributed by atoms with Crippen molar-refractivity contribution in [2.75, 3.05) is 0 Å². The van der Waals surface area contributed by atoms with Crippen molar-refractivity contribution in [3.05, 3.63) is 82.3 Å². The predicted molar refractivity (Wildman–Crippen MR) is 125 cm³/mol. The zero-order chi connectivity index (χ0) is 18.8. The van der Waals surface area contributed by atoms with Crippen LogP contribution in [0.25, 0.3) is 53.2 Å². The van der Waals surface area contributed by atoms with Crippen molar-refractivity contribution in [3.63, 3.8) is 0 Å². The lowest BCUT2D eigenvalue weighted by Gasteiger charge is -2.03. The number of rotatable bonds is 1. The Bertz CT molecular complexity index is 1540. The van der Waals surface area contributed by atoms with Gasteiger partial charge in [0, 0.05) is 40.4 Å². The summed E-state index contributed by atoms with van der Waals surface area (Å²) in [6.07, 6.45) is 0. The van der Waals surface area contributed by atoms with Gasteiger partial charge in [0.1, 0.15) is 11.2 Å². The van der Waals surface area contributed by atoms with E-state index >= 15 is 0 Å². The maximum Gasteiger partial charge on any atom is 0.136 e. The van der Waals surface area contributed by atoms with Crippen LogP contribution in [0.2, 0.25) is 5.02 Å². The van der Waals surface area contributed by atoms with Crippen LogP contribution in [0.5, 0.6) is 0 Å². The minimum atomic E-state index is 0.777. The van der Waals surface area contributed by atoms with Crippen LogP contribution in [-0.2, 0) is 0 Å². The molecule has 0 amide bonds. The van der Waals surface area contributed by atoms with Gasteiger partial charge in [-0.05, 0) is 59.7 Å². The van der Waals surface area contributed by atoms with E-state index in [4.69, 9.17) is 16.0 Å². The first-order chi connectivity index (χ1) is 13.7. The van der Waals surface area contributed by atoms with Gasteiger partial charge in [-0.15, -0.1) is 11.3 Å². The summed E-state index contributed by atoms with van der Waals surface area (Å²) in [6.45, 7) is 0. The van der Waals surface area contributed by atoms with E-state index in [1.54, 1.807) is 11.3 Å². The minimum Gasteiger partial charge on any atom is -0.456 e. The molecular weight excluding hydrogens is 452 g/mol. The Morgan fingerprint density at radius 1 is 0.714 bits per heavy atom. The molecule has 0 fully saturated rings. The van der Waals surface area contributed by atoms with E-state index in [0.717, 1.165) is 31.4 Å². The van der Waals surface area contributed by atoms with Crippen LogP contribution in [0.1, 0.15) is 0 Å².